The van der Waals surface area contributed by atoms with Crippen LogP contribution in [-0.4, -0.2) is 19.9 Å². The largest absolute Gasteiger partial charge is 0.250 e. The number of thioether (sulfide) groups is 1. The van der Waals surface area contributed by atoms with Crippen molar-refractivity contribution in [1.82, 2.24) is 19.9 Å². The van der Waals surface area contributed by atoms with Crippen molar-refractivity contribution < 1.29 is 0 Å². The van der Waals surface area contributed by atoms with E-state index in [1.807, 2.05) is 42.5 Å². The van der Waals surface area contributed by atoms with E-state index in [-0.39, 0.29) is 0 Å². The number of aromatic nitrogens is 4. The van der Waals surface area contributed by atoms with Crippen LogP contribution in [0, 0.1) is 6.92 Å². The van der Waals surface area contributed by atoms with Gasteiger partial charge in [-0.2, -0.15) is 0 Å². The summed E-state index contributed by atoms with van der Waals surface area (Å²) in [6.45, 7) is 2.04. The standard InChI is InChI=1S/C20H18N4S2/c1-12-16(24-15-8-4-3-7-14(15)23-12)10-25-19-18-13-6-2-5-9-17(13)26-20(18)22-11-21-19/h3-4,7-8,11H,2,5-6,9-10H2,1H3. The monoisotopic (exact) mass is 378 g/mol. The number of para-hydroxylation sites is 2. The van der Waals surface area contributed by atoms with Crippen molar-refractivity contribution in [2.45, 2.75) is 43.4 Å². The van der Waals surface area contributed by atoms with Gasteiger partial charge in [-0.25, -0.2) is 19.9 Å². The summed E-state index contributed by atoms with van der Waals surface area (Å²) in [4.78, 5) is 21.3. The van der Waals surface area contributed by atoms with Crippen LogP contribution in [0.25, 0.3) is 21.3 Å². The van der Waals surface area contributed by atoms with Crippen LogP contribution in [-0.2, 0) is 18.6 Å². The summed E-state index contributed by atoms with van der Waals surface area (Å²) in [5.41, 5.74) is 5.42. The molecule has 0 aliphatic heterocycles. The van der Waals surface area contributed by atoms with Crippen LogP contribution in [0.4, 0.5) is 0 Å². The molecule has 6 heteroatoms. The molecule has 1 aliphatic carbocycles. The van der Waals surface area contributed by atoms with E-state index in [0.717, 1.165) is 44.5 Å². The van der Waals surface area contributed by atoms with Gasteiger partial charge in [-0.15, -0.1) is 11.3 Å². The Kier molecular flexibility index (Phi) is 4.10. The zero-order valence-electron chi connectivity index (χ0n) is 14.5. The highest BCUT2D eigenvalue weighted by Crippen LogP contribution is 2.39. The van der Waals surface area contributed by atoms with Gasteiger partial charge in [0.25, 0.3) is 0 Å². The normalized spacial score (nSPS) is 14.0. The van der Waals surface area contributed by atoms with Gasteiger partial charge in [-0.05, 0) is 50.3 Å². The van der Waals surface area contributed by atoms with Crippen LogP contribution in [0.15, 0.2) is 35.6 Å². The number of benzene rings is 1. The molecule has 26 heavy (non-hydrogen) atoms. The summed E-state index contributed by atoms with van der Waals surface area (Å²) in [5.74, 6) is 0.778. The van der Waals surface area contributed by atoms with E-state index in [4.69, 9.17) is 9.97 Å². The number of thiophene rings is 1. The molecule has 0 amide bonds. The predicted octanol–water partition coefficient (Wildman–Crippen LogP) is 5.11. The van der Waals surface area contributed by atoms with Crippen LogP contribution < -0.4 is 0 Å². The molecule has 1 aromatic carbocycles. The molecule has 0 N–H and O–H groups in total. The molecule has 0 atom stereocenters. The van der Waals surface area contributed by atoms with Gasteiger partial charge < -0.3 is 0 Å². The van der Waals surface area contributed by atoms with E-state index in [2.05, 4.69) is 9.97 Å². The minimum absolute atomic E-state index is 0.778. The van der Waals surface area contributed by atoms with Crippen LogP contribution in [0.1, 0.15) is 34.7 Å². The van der Waals surface area contributed by atoms with Crippen LogP contribution in [0.5, 0.6) is 0 Å². The Morgan fingerprint density at radius 1 is 1.04 bits per heavy atom. The molecule has 0 fully saturated rings. The van der Waals surface area contributed by atoms with Crippen LogP contribution in [0.3, 0.4) is 0 Å². The summed E-state index contributed by atoms with van der Waals surface area (Å²) >= 11 is 3.60. The Morgan fingerprint density at radius 2 is 1.85 bits per heavy atom. The molecule has 3 heterocycles. The number of fused-ring (bicyclic) bond motifs is 4. The van der Waals surface area contributed by atoms with E-state index >= 15 is 0 Å². The second-order valence-corrected chi connectivity index (χ2v) is 8.65. The molecule has 4 nitrogen and oxygen atoms in total. The van der Waals surface area contributed by atoms with Gasteiger partial charge in [0, 0.05) is 16.0 Å². The summed E-state index contributed by atoms with van der Waals surface area (Å²) in [5, 5.41) is 2.37. The van der Waals surface area contributed by atoms with E-state index < -0.39 is 0 Å². The molecule has 4 aromatic rings. The van der Waals surface area contributed by atoms with Crippen molar-refractivity contribution in [2.75, 3.05) is 0 Å². The highest BCUT2D eigenvalue weighted by molar-refractivity contribution is 7.98. The molecular formula is C20H18N4S2. The highest BCUT2D eigenvalue weighted by Gasteiger charge is 2.20. The lowest BCUT2D eigenvalue weighted by molar-refractivity contribution is 0.699. The smallest absolute Gasteiger partial charge is 0.128 e. The van der Waals surface area contributed by atoms with Gasteiger partial charge in [0.1, 0.15) is 16.2 Å². The predicted molar refractivity (Wildman–Crippen MR) is 108 cm³/mol. The van der Waals surface area contributed by atoms with E-state index in [9.17, 15) is 0 Å². The van der Waals surface area contributed by atoms with Crippen molar-refractivity contribution in [3.05, 3.63) is 52.4 Å². The van der Waals surface area contributed by atoms with Crippen molar-refractivity contribution >= 4 is 44.3 Å². The summed E-state index contributed by atoms with van der Waals surface area (Å²) in [6, 6.07) is 8.04. The topological polar surface area (TPSA) is 51.6 Å². The summed E-state index contributed by atoms with van der Waals surface area (Å²) < 4.78 is 0. The lowest BCUT2D eigenvalue weighted by atomic mass is 9.97. The average Bonchev–Trinajstić information content (AvgIpc) is 3.05. The first-order valence-corrected chi connectivity index (χ1v) is 10.7. The zero-order chi connectivity index (χ0) is 17.5. The third-order valence-electron chi connectivity index (χ3n) is 4.91. The fraction of sp³-hybridized carbons (Fsp3) is 0.300. The SMILES string of the molecule is Cc1nc2ccccc2nc1CSc1ncnc2sc3c(c12)CCCC3. The van der Waals surface area contributed by atoms with E-state index in [1.54, 1.807) is 18.1 Å². The Morgan fingerprint density at radius 3 is 2.73 bits per heavy atom. The van der Waals surface area contributed by atoms with Gasteiger partial charge >= 0.3 is 0 Å². The third-order valence-corrected chi connectivity index (χ3v) is 7.11. The Hall–Kier alpha value is -2.05. The molecule has 0 saturated heterocycles. The molecule has 0 unspecified atom stereocenters. The van der Waals surface area contributed by atoms with Gasteiger partial charge in [0.05, 0.1) is 22.4 Å². The number of aryl methyl sites for hydroxylation is 3. The lowest BCUT2D eigenvalue weighted by Gasteiger charge is -2.11. The highest BCUT2D eigenvalue weighted by atomic mass is 32.2. The molecule has 5 rings (SSSR count). The Bertz CT molecular complexity index is 1120. The van der Waals surface area contributed by atoms with Crippen molar-refractivity contribution in [3.63, 3.8) is 0 Å². The molecule has 130 valence electrons. The molecule has 1 aliphatic rings. The maximum absolute atomic E-state index is 4.82. The summed E-state index contributed by atoms with van der Waals surface area (Å²) in [7, 11) is 0. The quantitative estimate of drug-likeness (QED) is 0.366. The fourth-order valence-corrected chi connectivity index (χ4v) is 5.90. The van der Waals surface area contributed by atoms with E-state index in [1.165, 1.54) is 35.1 Å². The Balaban J connectivity index is 1.51. The van der Waals surface area contributed by atoms with Gasteiger partial charge in [-0.1, -0.05) is 23.9 Å². The van der Waals surface area contributed by atoms with Crippen molar-refractivity contribution in [3.8, 4) is 0 Å². The van der Waals surface area contributed by atoms with Crippen LogP contribution >= 0.6 is 23.1 Å². The van der Waals surface area contributed by atoms with Gasteiger partial charge in [0.2, 0.25) is 0 Å². The average molecular weight is 379 g/mol. The Labute approximate surface area is 160 Å². The number of hydrogen-bond donors (Lipinski definition) is 0. The minimum Gasteiger partial charge on any atom is -0.250 e. The van der Waals surface area contributed by atoms with Crippen molar-refractivity contribution in [2.24, 2.45) is 0 Å². The molecule has 0 bridgehead atoms. The maximum Gasteiger partial charge on any atom is 0.128 e. The molecule has 3 aromatic heterocycles. The van der Waals surface area contributed by atoms with Gasteiger partial charge in [0.15, 0.2) is 0 Å². The first-order chi connectivity index (χ1) is 12.8. The van der Waals surface area contributed by atoms with Gasteiger partial charge in [-0.3, -0.25) is 0 Å². The molecule has 0 radical (unpaired) electrons. The second-order valence-electron chi connectivity index (χ2n) is 6.60. The van der Waals surface area contributed by atoms with Crippen LogP contribution in [0.2, 0.25) is 0 Å². The first kappa shape index (κ1) is 16.1. The summed E-state index contributed by atoms with van der Waals surface area (Å²) in [6.07, 6.45) is 6.61. The molecule has 0 spiro atoms. The van der Waals surface area contributed by atoms with E-state index in [0.29, 0.717) is 0 Å². The lowest BCUT2D eigenvalue weighted by Crippen LogP contribution is -2.00. The van der Waals surface area contributed by atoms with Crippen molar-refractivity contribution in [1.29, 1.82) is 0 Å². The number of nitrogens with zero attached hydrogens (tertiary/aromatic N) is 4. The number of hydrogen-bond acceptors (Lipinski definition) is 6. The minimum atomic E-state index is 0.778. The fourth-order valence-electron chi connectivity index (χ4n) is 3.57. The molecular weight excluding hydrogens is 360 g/mol. The zero-order valence-corrected chi connectivity index (χ0v) is 16.2. The third kappa shape index (κ3) is 2.77. The number of rotatable bonds is 3. The molecule has 0 saturated carbocycles. The first-order valence-electron chi connectivity index (χ1n) is 8.90. The second kappa shape index (κ2) is 6.59. The maximum atomic E-state index is 4.82.